The van der Waals surface area contributed by atoms with Crippen LogP contribution in [0.15, 0.2) is 0 Å². The van der Waals surface area contributed by atoms with E-state index in [1.54, 1.807) is 0 Å². The van der Waals surface area contributed by atoms with Crippen LogP contribution in [0.4, 0.5) is 0 Å². The van der Waals surface area contributed by atoms with Crippen molar-refractivity contribution in [2.24, 2.45) is 0 Å². The van der Waals surface area contributed by atoms with E-state index in [4.69, 9.17) is 42.6 Å². The highest BCUT2D eigenvalue weighted by atomic mass is 16.8. The van der Waals surface area contributed by atoms with Gasteiger partial charge in [-0.1, -0.05) is 200 Å². The smallest absolute Gasteiger partial charge is 0.364 e. The summed E-state index contributed by atoms with van der Waals surface area (Å²) in [5.74, 6) is -13.7. The number of carbonyl (C=O) groups is 5. The first-order valence-electron chi connectivity index (χ1n) is 39.8. The van der Waals surface area contributed by atoms with E-state index >= 15 is 0 Å². The van der Waals surface area contributed by atoms with E-state index in [1.165, 1.54) is 109 Å². The molecule has 0 saturated carbocycles. The Labute approximate surface area is 639 Å². The number of carboxylic acids is 2. The Kier molecular flexibility index (Phi) is 46.7. The molecule has 0 aromatic heterocycles. The van der Waals surface area contributed by atoms with Crippen molar-refractivity contribution in [3.8, 4) is 0 Å². The summed E-state index contributed by atoms with van der Waals surface area (Å²) in [6.45, 7) is -1.07. The zero-order valence-corrected chi connectivity index (χ0v) is 64.2. The summed E-state index contributed by atoms with van der Waals surface area (Å²) in [4.78, 5) is 65.9. The molecule has 638 valence electrons. The summed E-state index contributed by atoms with van der Waals surface area (Å²) in [6, 6.07) is -5.10. The molecule has 0 spiro atoms. The van der Waals surface area contributed by atoms with Gasteiger partial charge in [0, 0.05) is 26.9 Å². The molecule has 35 heteroatoms. The number of hydrogen-bond acceptors (Lipinski definition) is 30. The van der Waals surface area contributed by atoms with Crippen LogP contribution in [-0.4, -0.2) is 327 Å². The molecule has 26 unspecified atom stereocenters. The lowest BCUT2D eigenvalue weighted by Gasteiger charge is -2.50. The van der Waals surface area contributed by atoms with Gasteiger partial charge in [0.05, 0.1) is 69.5 Å². The zero-order valence-electron chi connectivity index (χ0n) is 64.2. The molecule has 4 aliphatic heterocycles. The molecule has 4 heterocycles. The van der Waals surface area contributed by atoms with Crippen LogP contribution in [0.3, 0.4) is 0 Å². The predicted octanol–water partition coefficient (Wildman–Crippen LogP) is -0.698. The molecule has 0 bridgehead atoms. The molecule has 109 heavy (non-hydrogen) atoms. The van der Waals surface area contributed by atoms with Crippen LogP contribution in [-0.2, 0) is 66.6 Å². The molecule has 0 aromatic carbocycles. The van der Waals surface area contributed by atoms with E-state index in [0.29, 0.717) is 12.8 Å². The average Bonchev–Trinajstić information content (AvgIpc) is 0.753. The third-order valence-electron chi connectivity index (χ3n) is 21.1. The normalized spacial score (nSPS) is 31.0. The second-order valence-electron chi connectivity index (χ2n) is 29.9. The van der Waals surface area contributed by atoms with Crippen LogP contribution in [0.5, 0.6) is 0 Å². The molecule has 21 N–H and O–H groups in total. The molecular formula is C74H135N3O32. The summed E-state index contributed by atoms with van der Waals surface area (Å²) >= 11 is 0. The Morgan fingerprint density at radius 2 is 0.954 bits per heavy atom. The predicted molar refractivity (Wildman–Crippen MR) is 386 cm³/mol. The van der Waals surface area contributed by atoms with Crippen molar-refractivity contribution in [3.63, 3.8) is 0 Å². The number of nitrogens with one attached hydrogen (secondary N) is 3. The lowest BCUT2D eigenvalue weighted by atomic mass is 9.88. The maximum atomic E-state index is 13.8. The minimum atomic E-state index is -3.39. The SMILES string of the molecule is CCCCCCCCCCCCCCCCCCCCC(O)C(=O)NC(COC1OC(CO)C(OC2OC(CO)C(O)C(OC3(C(=O)O)CC(O)C(NC(=O)COC4(C(=O)O)CC(O)C(NC(C)=O)C(C(O)C(CO)OC)O4)C(C(O)C(O)CO)O3)C2O)C(O)C1O)C(O)C(O)CCCCCCCCCCCCC. The van der Waals surface area contributed by atoms with Gasteiger partial charge in [0.1, 0.15) is 104 Å². The first-order valence-corrected chi connectivity index (χ1v) is 39.8. The van der Waals surface area contributed by atoms with Gasteiger partial charge in [0.15, 0.2) is 12.6 Å². The molecule has 26 atom stereocenters. The van der Waals surface area contributed by atoms with Crippen molar-refractivity contribution in [1.29, 1.82) is 0 Å². The van der Waals surface area contributed by atoms with E-state index in [-0.39, 0.29) is 12.8 Å². The van der Waals surface area contributed by atoms with Crippen LogP contribution in [0.2, 0.25) is 0 Å². The number of ether oxygens (including phenoxy) is 9. The van der Waals surface area contributed by atoms with Crippen molar-refractivity contribution < 1.29 is 159 Å². The quantitative estimate of drug-likeness (QED) is 0.0335. The fraction of sp³-hybridized carbons (Fsp3) is 0.932. The van der Waals surface area contributed by atoms with Gasteiger partial charge in [-0.3, -0.25) is 14.4 Å². The average molecular weight is 1580 g/mol. The molecule has 0 aliphatic carbocycles. The first kappa shape index (κ1) is 97.7. The molecule has 0 radical (unpaired) electrons. The number of rotatable bonds is 58. The van der Waals surface area contributed by atoms with Crippen LogP contribution in [0.1, 0.15) is 233 Å². The molecule has 4 fully saturated rings. The number of aliphatic hydroxyl groups is 16. The van der Waals surface area contributed by atoms with Gasteiger partial charge >= 0.3 is 11.9 Å². The minimum absolute atomic E-state index is 0.0896. The number of amides is 3. The summed E-state index contributed by atoms with van der Waals surface area (Å²) in [5, 5.41) is 206. The molecule has 4 saturated heterocycles. The van der Waals surface area contributed by atoms with Crippen molar-refractivity contribution >= 4 is 29.7 Å². The molecule has 3 amide bonds. The van der Waals surface area contributed by atoms with Crippen molar-refractivity contribution in [2.75, 3.05) is 46.8 Å². The number of carboxylic acid groups (broad SMARTS) is 2. The Morgan fingerprint density at radius 3 is 1.41 bits per heavy atom. The topological polar surface area (TPSA) is 569 Å². The second-order valence-corrected chi connectivity index (χ2v) is 29.9. The van der Waals surface area contributed by atoms with Gasteiger partial charge in [0.25, 0.3) is 11.6 Å². The fourth-order valence-electron chi connectivity index (χ4n) is 14.5. The lowest BCUT2D eigenvalue weighted by Crippen LogP contribution is -2.71. The number of aliphatic hydroxyl groups excluding tert-OH is 16. The van der Waals surface area contributed by atoms with Crippen molar-refractivity contribution in [1.82, 2.24) is 16.0 Å². The van der Waals surface area contributed by atoms with E-state index in [1.807, 2.05) is 0 Å². The Morgan fingerprint density at radius 1 is 0.505 bits per heavy atom. The van der Waals surface area contributed by atoms with Gasteiger partial charge < -0.3 is 150 Å². The first-order chi connectivity index (χ1) is 52.1. The summed E-state index contributed by atoms with van der Waals surface area (Å²) in [6.07, 6.45) is -12.6. The number of hydrogen-bond donors (Lipinski definition) is 21. The Hall–Kier alpha value is -3.65. The Balaban J connectivity index is 1.45. The number of aliphatic carboxylic acids is 2. The van der Waals surface area contributed by atoms with Gasteiger partial charge in [0.2, 0.25) is 17.7 Å². The molecule has 35 nitrogen and oxygen atoms in total. The standard InChI is InChI=1S/C74H135N3O32/c1-5-7-9-11-13-15-17-18-19-20-21-22-23-25-27-29-31-33-35-47(84)68(96)76-45(57(89)46(83)34-32-30-28-26-24-16-14-12-10-8-6-2)42-102-69-62(94)61(93)64(53(41-81)105-69)106-70-63(95)67(60(92)52(40-80)104-70)109-74(72(99)100)37-49(86)56(65(108-74)58(90)50(87)38-78)77-54(88)43-103-73(71(97)98)36-48(85)55(75-44(3)82)66(107-73)59(91)51(39-79)101-4/h45-53,55-67,69-70,78-81,83-87,89-95H,5-43H2,1-4H3,(H,75,82)(H,76,96)(H,77,88)(H,97,98)(H,99,100). The highest BCUT2D eigenvalue weighted by Gasteiger charge is 2.61. The van der Waals surface area contributed by atoms with Crippen molar-refractivity contribution in [2.45, 2.75) is 391 Å². The van der Waals surface area contributed by atoms with Gasteiger partial charge in [-0.2, -0.15) is 0 Å². The fourth-order valence-corrected chi connectivity index (χ4v) is 14.5. The minimum Gasteiger partial charge on any atom is -0.477 e. The highest BCUT2D eigenvalue weighted by molar-refractivity contribution is 5.81. The highest BCUT2D eigenvalue weighted by Crippen LogP contribution is 2.40. The lowest BCUT2D eigenvalue weighted by molar-refractivity contribution is -0.386. The van der Waals surface area contributed by atoms with Crippen LogP contribution < -0.4 is 16.0 Å². The third-order valence-corrected chi connectivity index (χ3v) is 21.1. The number of methoxy groups -OCH3 is 1. The number of carbonyl (C=O) groups excluding carboxylic acids is 3. The van der Waals surface area contributed by atoms with Gasteiger partial charge in [-0.05, 0) is 12.8 Å². The van der Waals surface area contributed by atoms with Crippen LogP contribution in [0.25, 0.3) is 0 Å². The van der Waals surface area contributed by atoms with Crippen LogP contribution >= 0.6 is 0 Å². The summed E-state index contributed by atoms with van der Waals surface area (Å²) in [7, 11) is 1.06. The number of unbranched alkanes of at least 4 members (excludes halogenated alkanes) is 27. The molecule has 4 aliphatic rings. The van der Waals surface area contributed by atoms with Crippen LogP contribution in [0, 0.1) is 0 Å². The maximum Gasteiger partial charge on any atom is 0.364 e. The maximum absolute atomic E-state index is 13.8. The van der Waals surface area contributed by atoms with E-state index in [0.717, 1.165) is 78.2 Å². The molecule has 0 aromatic rings. The third kappa shape index (κ3) is 31.1. The molecule has 4 rings (SSSR count). The van der Waals surface area contributed by atoms with E-state index in [9.17, 15) is 116 Å². The second kappa shape index (κ2) is 52.0. The Bertz CT molecular complexity index is 2520. The summed E-state index contributed by atoms with van der Waals surface area (Å²) in [5.41, 5.74) is 0. The monoisotopic (exact) mass is 1580 g/mol. The largest absolute Gasteiger partial charge is 0.477 e. The van der Waals surface area contributed by atoms with Gasteiger partial charge in [-0.25, -0.2) is 9.59 Å². The molecular weight excluding hydrogens is 1440 g/mol. The van der Waals surface area contributed by atoms with Crippen molar-refractivity contribution in [3.05, 3.63) is 0 Å². The van der Waals surface area contributed by atoms with E-state index < -0.39 is 240 Å². The van der Waals surface area contributed by atoms with Gasteiger partial charge in [-0.15, -0.1) is 0 Å². The van der Waals surface area contributed by atoms with E-state index in [2.05, 4.69) is 29.8 Å². The summed E-state index contributed by atoms with van der Waals surface area (Å²) < 4.78 is 50.9. The zero-order chi connectivity index (χ0) is 80.8.